The number of aryl methyl sites for hydroxylation is 1. The van der Waals surface area contributed by atoms with E-state index in [-0.39, 0.29) is 0 Å². The summed E-state index contributed by atoms with van der Waals surface area (Å²) in [4.78, 5) is 5.06. The van der Waals surface area contributed by atoms with Crippen molar-refractivity contribution in [1.29, 1.82) is 0 Å². The zero-order valence-electron chi connectivity index (χ0n) is 21.6. The molecule has 0 bridgehead atoms. The Morgan fingerprint density at radius 3 is 2.27 bits per heavy atom. The lowest BCUT2D eigenvalue weighted by molar-refractivity contribution is 0.253. The van der Waals surface area contributed by atoms with Crippen molar-refractivity contribution in [2.45, 2.75) is 19.9 Å². The van der Waals surface area contributed by atoms with Crippen molar-refractivity contribution < 1.29 is 4.52 Å². The molecule has 5 heteroatoms. The Morgan fingerprint density at radius 2 is 1.54 bits per heavy atom. The van der Waals surface area contributed by atoms with E-state index < -0.39 is 0 Å². The van der Waals surface area contributed by atoms with E-state index in [0.29, 0.717) is 6.54 Å². The Labute approximate surface area is 220 Å². The molecule has 1 aromatic heterocycles. The van der Waals surface area contributed by atoms with E-state index in [1.165, 1.54) is 16.8 Å². The average Bonchev–Trinajstić information content (AvgIpc) is 3.42. The van der Waals surface area contributed by atoms with Crippen molar-refractivity contribution in [3.63, 3.8) is 0 Å². The van der Waals surface area contributed by atoms with E-state index in [0.717, 1.165) is 68.3 Å². The van der Waals surface area contributed by atoms with E-state index in [4.69, 9.17) is 4.52 Å². The zero-order chi connectivity index (χ0) is 25.3. The third kappa shape index (κ3) is 7.19. The second kappa shape index (κ2) is 12.5. The van der Waals surface area contributed by atoms with Crippen molar-refractivity contribution in [3.8, 4) is 11.3 Å². The Kier molecular flexibility index (Phi) is 8.46. The van der Waals surface area contributed by atoms with Crippen LogP contribution in [0.15, 0.2) is 89.5 Å². The van der Waals surface area contributed by atoms with Gasteiger partial charge in [-0.25, -0.2) is 0 Å². The van der Waals surface area contributed by atoms with Gasteiger partial charge in [0, 0.05) is 43.5 Å². The monoisotopic (exact) mass is 492 g/mol. The molecule has 2 heterocycles. The lowest BCUT2D eigenvalue weighted by Crippen LogP contribution is -2.46. The highest BCUT2D eigenvalue weighted by atomic mass is 16.5. The van der Waals surface area contributed by atoms with Gasteiger partial charge in [-0.3, -0.25) is 4.90 Å². The van der Waals surface area contributed by atoms with Crippen molar-refractivity contribution >= 4 is 17.8 Å². The molecule has 0 atom stereocenters. The van der Waals surface area contributed by atoms with Crippen molar-refractivity contribution in [2.24, 2.45) is 0 Å². The Hall–Kier alpha value is -3.67. The van der Waals surface area contributed by atoms with Gasteiger partial charge >= 0.3 is 0 Å². The maximum atomic E-state index is 5.57. The summed E-state index contributed by atoms with van der Waals surface area (Å²) in [7, 11) is 0. The van der Waals surface area contributed by atoms with Crippen LogP contribution in [0.3, 0.4) is 0 Å². The summed E-state index contributed by atoms with van der Waals surface area (Å²) >= 11 is 0. The molecular formula is C32H36N4O. The third-order valence-corrected chi connectivity index (χ3v) is 6.93. The number of hydrogen-bond acceptors (Lipinski definition) is 5. The fraction of sp³-hybridized carbons (Fsp3) is 0.281. The van der Waals surface area contributed by atoms with E-state index in [2.05, 4.69) is 112 Å². The van der Waals surface area contributed by atoms with Crippen LogP contribution in [-0.2, 0) is 6.54 Å². The predicted octanol–water partition coefficient (Wildman–Crippen LogP) is 6.12. The molecule has 0 saturated carbocycles. The van der Waals surface area contributed by atoms with Gasteiger partial charge in [-0.1, -0.05) is 89.6 Å². The van der Waals surface area contributed by atoms with Gasteiger partial charge in [0.05, 0.1) is 6.54 Å². The second-order valence-corrected chi connectivity index (χ2v) is 9.74. The number of hydrogen-bond donors (Lipinski definition) is 1. The molecule has 1 aliphatic rings. The molecule has 3 aromatic carbocycles. The minimum absolute atomic E-state index is 0.700. The summed E-state index contributed by atoms with van der Waals surface area (Å²) in [6.45, 7) is 9.38. The minimum atomic E-state index is 0.700. The van der Waals surface area contributed by atoms with Crippen LogP contribution in [-0.4, -0.2) is 49.3 Å². The molecule has 37 heavy (non-hydrogen) atoms. The molecule has 0 radical (unpaired) electrons. The molecule has 5 nitrogen and oxygen atoms in total. The highest BCUT2D eigenvalue weighted by molar-refractivity contribution is 5.71. The summed E-state index contributed by atoms with van der Waals surface area (Å²) in [5.74, 6) is 0.870. The van der Waals surface area contributed by atoms with Crippen LogP contribution in [0.25, 0.3) is 23.4 Å². The van der Waals surface area contributed by atoms with Crippen LogP contribution in [0.1, 0.15) is 28.9 Å². The molecular weight excluding hydrogens is 456 g/mol. The number of rotatable bonds is 10. The van der Waals surface area contributed by atoms with Gasteiger partial charge in [0.1, 0.15) is 5.69 Å². The van der Waals surface area contributed by atoms with Gasteiger partial charge in [-0.15, -0.1) is 0 Å². The van der Waals surface area contributed by atoms with E-state index in [1.54, 1.807) is 0 Å². The summed E-state index contributed by atoms with van der Waals surface area (Å²) < 4.78 is 5.57. The largest absolute Gasteiger partial charge is 0.369 e. The SMILES string of the molecule is Cc1ccc(N2CCN(CCCNCc3cc(-c4ccc(C=Cc5ccccc5)cc4)no3)CC2)cc1. The molecule has 190 valence electrons. The maximum Gasteiger partial charge on any atom is 0.151 e. The second-order valence-electron chi connectivity index (χ2n) is 9.74. The molecule has 1 saturated heterocycles. The summed E-state index contributed by atoms with van der Waals surface area (Å²) in [6.07, 6.45) is 5.38. The van der Waals surface area contributed by atoms with Crippen LogP contribution in [0, 0.1) is 6.92 Å². The van der Waals surface area contributed by atoms with Gasteiger partial charge in [-0.2, -0.15) is 0 Å². The molecule has 5 rings (SSSR count). The number of aromatic nitrogens is 1. The highest BCUT2D eigenvalue weighted by Gasteiger charge is 2.16. The molecule has 0 spiro atoms. The number of nitrogens with zero attached hydrogens (tertiary/aromatic N) is 3. The summed E-state index contributed by atoms with van der Waals surface area (Å²) in [5, 5.41) is 7.78. The van der Waals surface area contributed by atoms with Crippen molar-refractivity contribution in [1.82, 2.24) is 15.4 Å². The van der Waals surface area contributed by atoms with Crippen LogP contribution < -0.4 is 10.2 Å². The van der Waals surface area contributed by atoms with Gasteiger partial charge in [0.25, 0.3) is 0 Å². The highest BCUT2D eigenvalue weighted by Crippen LogP contribution is 2.21. The molecule has 0 amide bonds. The van der Waals surface area contributed by atoms with Gasteiger partial charge in [-0.05, 0) is 49.7 Å². The average molecular weight is 493 g/mol. The molecule has 1 fully saturated rings. The first-order chi connectivity index (χ1) is 18.2. The van der Waals surface area contributed by atoms with Crippen LogP contribution >= 0.6 is 0 Å². The van der Waals surface area contributed by atoms with Gasteiger partial charge in [0.2, 0.25) is 0 Å². The standard InChI is InChI=1S/C32H36N4O/c1-26-8-16-30(17-9-26)36-22-20-35(21-23-36)19-5-18-33-25-31-24-32(34-37-31)29-14-12-28(13-15-29)11-10-27-6-3-2-4-7-27/h2-4,6-17,24,33H,5,18-23,25H2,1H3. The molecule has 0 unspecified atom stereocenters. The number of nitrogens with one attached hydrogen (secondary N) is 1. The molecule has 1 N–H and O–H groups in total. The fourth-order valence-electron chi connectivity index (χ4n) is 4.68. The van der Waals surface area contributed by atoms with E-state index >= 15 is 0 Å². The molecule has 0 aliphatic carbocycles. The normalized spacial score (nSPS) is 14.5. The lowest BCUT2D eigenvalue weighted by Gasteiger charge is -2.36. The Morgan fingerprint density at radius 1 is 0.838 bits per heavy atom. The van der Waals surface area contributed by atoms with Crippen molar-refractivity contribution in [3.05, 3.63) is 107 Å². The van der Waals surface area contributed by atoms with Crippen LogP contribution in [0.5, 0.6) is 0 Å². The number of piperazine rings is 1. The Balaban J connectivity index is 1.00. The fourth-order valence-corrected chi connectivity index (χ4v) is 4.68. The van der Waals surface area contributed by atoms with Crippen molar-refractivity contribution in [2.75, 3.05) is 44.2 Å². The first kappa shape index (κ1) is 25.0. The summed E-state index contributed by atoms with van der Waals surface area (Å²) in [6, 6.07) is 29.7. The minimum Gasteiger partial charge on any atom is -0.369 e. The lowest BCUT2D eigenvalue weighted by atomic mass is 10.1. The predicted molar refractivity (Wildman–Crippen MR) is 153 cm³/mol. The van der Waals surface area contributed by atoms with Crippen LogP contribution in [0.4, 0.5) is 5.69 Å². The maximum absolute atomic E-state index is 5.57. The molecule has 1 aliphatic heterocycles. The first-order valence-corrected chi connectivity index (χ1v) is 13.3. The Bertz CT molecular complexity index is 1250. The van der Waals surface area contributed by atoms with E-state index in [9.17, 15) is 0 Å². The van der Waals surface area contributed by atoms with E-state index in [1.807, 2.05) is 12.1 Å². The topological polar surface area (TPSA) is 44.5 Å². The van der Waals surface area contributed by atoms with Gasteiger partial charge < -0.3 is 14.7 Å². The van der Waals surface area contributed by atoms with Gasteiger partial charge in [0.15, 0.2) is 5.76 Å². The number of benzene rings is 3. The zero-order valence-corrected chi connectivity index (χ0v) is 21.6. The van der Waals surface area contributed by atoms with Crippen LogP contribution in [0.2, 0.25) is 0 Å². The quantitative estimate of drug-likeness (QED) is 0.213. The third-order valence-electron chi connectivity index (χ3n) is 6.93. The first-order valence-electron chi connectivity index (χ1n) is 13.3. The molecule has 4 aromatic rings. The smallest absolute Gasteiger partial charge is 0.151 e. The number of anilines is 1. The summed E-state index contributed by atoms with van der Waals surface area (Å²) in [5.41, 5.74) is 6.96.